The van der Waals surface area contributed by atoms with Crippen LogP contribution in [0.1, 0.15) is 36.4 Å². The van der Waals surface area contributed by atoms with E-state index in [1.165, 1.54) is 11.8 Å². The highest BCUT2D eigenvalue weighted by molar-refractivity contribution is 7.99. The molecule has 2 N–H and O–H groups in total. The van der Waals surface area contributed by atoms with Crippen molar-refractivity contribution >= 4 is 11.8 Å². The van der Waals surface area contributed by atoms with Crippen LogP contribution in [0, 0.1) is 18.7 Å². The highest BCUT2D eigenvalue weighted by atomic mass is 32.2. The van der Waals surface area contributed by atoms with Crippen LogP contribution in [0.15, 0.2) is 18.2 Å². The van der Waals surface area contributed by atoms with Crippen molar-refractivity contribution in [3.63, 3.8) is 0 Å². The summed E-state index contributed by atoms with van der Waals surface area (Å²) in [6, 6.07) is 4.93. The van der Waals surface area contributed by atoms with Gasteiger partial charge in [-0.2, -0.15) is 11.8 Å². The van der Waals surface area contributed by atoms with E-state index >= 15 is 0 Å². The van der Waals surface area contributed by atoms with Crippen molar-refractivity contribution in [3.8, 4) is 0 Å². The molecular weight excluding hydrogens is 273 g/mol. The van der Waals surface area contributed by atoms with Gasteiger partial charge in [-0.25, -0.2) is 4.39 Å². The number of halogens is 1. The molecule has 3 rings (SSSR count). The van der Waals surface area contributed by atoms with E-state index in [9.17, 15) is 4.39 Å². The number of thioether (sulfide) groups is 1. The van der Waals surface area contributed by atoms with Crippen LogP contribution in [0.5, 0.6) is 0 Å². The number of aryl methyl sites for hydroxylation is 1. The molecule has 3 unspecified atom stereocenters. The van der Waals surface area contributed by atoms with E-state index in [2.05, 4.69) is 0 Å². The molecule has 20 heavy (non-hydrogen) atoms. The van der Waals surface area contributed by atoms with Crippen LogP contribution in [0.25, 0.3) is 0 Å². The molecular formula is C16H22FNOS. The molecule has 2 aliphatic heterocycles. The Morgan fingerprint density at radius 1 is 1.50 bits per heavy atom. The van der Waals surface area contributed by atoms with Gasteiger partial charge in [-0.1, -0.05) is 6.07 Å². The molecule has 2 heterocycles. The Labute approximate surface area is 124 Å². The van der Waals surface area contributed by atoms with Crippen LogP contribution < -0.4 is 5.73 Å². The molecule has 0 aliphatic carbocycles. The van der Waals surface area contributed by atoms with Crippen molar-refractivity contribution in [2.45, 2.75) is 37.8 Å². The summed E-state index contributed by atoms with van der Waals surface area (Å²) in [6.07, 6.45) is 3.19. The summed E-state index contributed by atoms with van der Waals surface area (Å²) in [5, 5.41) is 0. The van der Waals surface area contributed by atoms with E-state index in [1.807, 2.05) is 24.8 Å². The van der Waals surface area contributed by atoms with Crippen LogP contribution in [-0.4, -0.2) is 23.7 Å². The van der Waals surface area contributed by atoms with Gasteiger partial charge in [0.05, 0.1) is 5.60 Å². The van der Waals surface area contributed by atoms with E-state index in [4.69, 9.17) is 10.5 Å². The maximum absolute atomic E-state index is 13.2. The molecule has 1 aromatic rings. The normalized spacial score (nSPS) is 31.6. The maximum atomic E-state index is 13.2. The van der Waals surface area contributed by atoms with Crippen LogP contribution in [0.3, 0.4) is 0 Å². The summed E-state index contributed by atoms with van der Waals surface area (Å²) in [5.74, 6) is 2.54. The van der Waals surface area contributed by atoms with E-state index in [0.29, 0.717) is 5.92 Å². The summed E-state index contributed by atoms with van der Waals surface area (Å²) in [7, 11) is 0. The van der Waals surface area contributed by atoms with Crippen molar-refractivity contribution in [2.24, 2.45) is 11.7 Å². The first-order valence-electron chi connectivity index (χ1n) is 7.33. The molecule has 0 aromatic heterocycles. The van der Waals surface area contributed by atoms with Gasteiger partial charge in [0.15, 0.2) is 0 Å². The average molecular weight is 295 g/mol. The van der Waals surface area contributed by atoms with Crippen LogP contribution in [0.2, 0.25) is 0 Å². The summed E-state index contributed by atoms with van der Waals surface area (Å²) in [6.45, 7) is 2.75. The third-order valence-electron chi connectivity index (χ3n) is 4.70. The quantitative estimate of drug-likeness (QED) is 0.908. The van der Waals surface area contributed by atoms with E-state index < -0.39 is 0 Å². The number of ether oxygens (including phenoxy) is 1. The molecule has 1 aromatic carbocycles. The van der Waals surface area contributed by atoms with Gasteiger partial charge < -0.3 is 10.5 Å². The van der Waals surface area contributed by atoms with Gasteiger partial charge in [0.1, 0.15) is 5.82 Å². The second-order valence-corrected chi connectivity index (χ2v) is 7.22. The molecule has 2 saturated heterocycles. The van der Waals surface area contributed by atoms with Crippen LogP contribution in [-0.2, 0) is 4.74 Å². The Bertz CT molecular complexity index is 487. The lowest BCUT2D eigenvalue weighted by atomic mass is 9.78. The number of hydrogen-bond acceptors (Lipinski definition) is 3. The van der Waals surface area contributed by atoms with Gasteiger partial charge in [-0.3, -0.25) is 0 Å². The Balaban J connectivity index is 1.77. The van der Waals surface area contributed by atoms with Crippen LogP contribution >= 0.6 is 11.8 Å². The summed E-state index contributed by atoms with van der Waals surface area (Å²) < 4.78 is 19.3. The molecule has 2 nitrogen and oxygen atoms in total. The smallest absolute Gasteiger partial charge is 0.123 e. The third kappa shape index (κ3) is 2.74. The minimum absolute atomic E-state index is 0.0121. The maximum Gasteiger partial charge on any atom is 0.123 e. The molecule has 1 spiro atoms. The first-order chi connectivity index (χ1) is 9.60. The van der Waals surface area contributed by atoms with Gasteiger partial charge in [-0.15, -0.1) is 0 Å². The highest BCUT2D eigenvalue weighted by Gasteiger charge is 2.42. The molecule has 0 bridgehead atoms. The predicted octanol–water partition coefficient (Wildman–Crippen LogP) is 3.44. The zero-order valence-corrected chi connectivity index (χ0v) is 12.7. The lowest BCUT2D eigenvalue weighted by Gasteiger charge is -2.40. The van der Waals surface area contributed by atoms with E-state index in [1.54, 1.807) is 6.07 Å². The first-order valence-corrected chi connectivity index (χ1v) is 8.48. The van der Waals surface area contributed by atoms with Crippen molar-refractivity contribution in [1.82, 2.24) is 0 Å². The monoisotopic (exact) mass is 295 g/mol. The van der Waals surface area contributed by atoms with Gasteiger partial charge in [0, 0.05) is 18.4 Å². The SMILES string of the molecule is Cc1cc(F)ccc1C(N)C1CCOC2(CCSC2)C1. The van der Waals surface area contributed by atoms with Crippen LogP contribution in [0.4, 0.5) is 4.39 Å². The lowest BCUT2D eigenvalue weighted by Crippen LogP contribution is -2.42. The molecule has 0 radical (unpaired) electrons. The van der Waals surface area contributed by atoms with E-state index in [-0.39, 0.29) is 17.5 Å². The topological polar surface area (TPSA) is 35.2 Å². The number of nitrogens with two attached hydrogens (primary N) is 1. The zero-order valence-electron chi connectivity index (χ0n) is 11.9. The number of rotatable bonds is 2. The Hall–Kier alpha value is -0.580. The zero-order chi connectivity index (χ0) is 14.2. The Morgan fingerprint density at radius 3 is 3.05 bits per heavy atom. The number of hydrogen-bond donors (Lipinski definition) is 1. The Morgan fingerprint density at radius 2 is 2.35 bits per heavy atom. The minimum Gasteiger partial charge on any atom is -0.374 e. The molecule has 2 fully saturated rings. The summed E-state index contributed by atoms with van der Waals surface area (Å²) in [4.78, 5) is 0. The Kier molecular flexibility index (Phi) is 4.07. The largest absolute Gasteiger partial charge is 0.374 e. The molecule has 2 aliphatic rings. The molecule has 4 heteroatoms. The fourth-order valence-electron chi connectivity index (χ4n) is 3.50. The van der Waals surface area contributed by atoms with Gasteiger partial charge in [0.2, 0.25) is 0 Å². The van der Waals surface area contributed by atoms with Gasteiger partial charge in [-0.05, 0) is 61.1 Å². The van der Waals surface area contributed by atoms with Crippen molar-refractivity contribution in [3.05, 3.63) is 35.1 Å². The minimum atomic E-state index is -0.186. The fourth-order valence-corrected chi connectivity index (χ4v) is 4.88. The lowest BCUT2D eigenvalue weighted by molar-refractivity contribution is -0.0834. The molecule has 110 valence electrons. The molecule has 0 saturated carbocycles. The van der Waals surface area contributed by atoms with Crippen molar-refractivity contribution in [1.29, 1.82) is 0 Å². The predicted molar refractivity (Wildman–Crippen MR) is 81.4 cm³/mol. The molecule has 3 atom stereocenters. The standard InChI is InChI=1S/C16H22FNOS/c1-11-8-13(17)2-3-14(11)15(18)12-4-6-19-16(9-12)5-7-20-10-16/h2-3,8,12,15H,4-7,9-10,18H2,1H3. The van der Waals surface area contributed by atoms with Crippen molar-refractivity contribution in [2.75, 3.05) is 18.1 Å². The van der Waals surface area contributed by atoms with Crippen molar-refractivity contribution < 1.29 is 9.13 Å². The highest BCUT2D eigenvalue weighted by Crippen LogP contribution is 2.43. The third-order valence-corrected chi connectivity index (χ3v) is 5.92. The second-order valence-electron chi connectivity index (χ2n) is 6.11. The van der Waals surface area contributed by atoms with Gasteiger partial charge in [0.25, 0.3) is 0 Å². The first kappa shape index (κ1) is 14.4. The van der Waals surface area contributed by atoms with E-state index in [0.717, 1.165) is 42.7 Å². The molecule has 0 amide bonds. The summed E-state index contributed by atoms with van der Waals surface area (Å²) >= 11 is 1.98. The fraction of sp³-hybridized carbons (Fsp3) is 0.625. The van der Waals surface area contributed by atoms with Gasteiger partial charge >= 0.3 is 0 Å². The summed E-state index contributed by atoms with van der Waals surface area (Å²) in [5.41, 5.74) is 8.58. The number of benzene rings is 1. The second kappa shape index (κ2) is 5.66. The average Bonchev–Trinajstić information content (AvgIpc) is 2.86.